The van der Waals surface area contributed by atoms with Crippen LogP contribution in [0.5, 0.6) is 0 Å². The van der Waals surface area contributed by atoms with Gasteiger partial charge in [0, 0.05) is 0 Å². The van der Waals surface area contributed by atoms with Gasteiger partial charge in [0.05, 0.1) is 5.60 Å². The predicted molar refractivity (Wildman–Crippen MR) is 65.0 cm³/mol. The van der Waals surface area contributed by atoms with E-state index in [-0.39, 0.29) is 5.60 Å². The molecule has 1 aliphatic rings. The van der Waals surface area contributed by atoms with E-state index in [9.17, 15) is 0 Å². The first-order valence-electron chi connectivity index (χ1n) is 6.32. The van der Waals surface area contributed by atoms with Crippen LogP contribution < -0.4 is 0 Å². The largest absolute Gasteiger partial charge is 0.262 e. The molecule has 0 N–H and O–H groups in total. The summed E-state index contributed by atoms with van der Waals surface area (Å²) in [5, 5.41) is 0. The fraction of sp³-hybridized carbons (Fsp3) is 1.00. The Balaban J connectivity index is 2.38. The van der Waals surface area contributed by atoms with Crippen LogP contribution in [0.3, 0.4) is 0 Å². The summed E-state index contributed by atoms with van der Waals surface area (Å²) in [6.07, 6.45) is 2.07. The third-order valence-electron chi connectivity index (χ3n) is 3.23. The molecule has 0 radical (unpaired) electrons. The van der Waals surface area contributed by atoms with Crippen LogP contribution >= 0.6 is 0 Å². The molecule has 102 valence electrons. The number of hydrogen-bond acceptors (Lipinski definition) is 4. The minimum atomic E-state index is -0.693. The summed E-state index contributed by atoms with van der Waals surface area (Å²) in [7, 11) is 0. The summed E-state index contributed by atoms with van der Waals surface area (Å²) in [4.78, 5) is 20.9. The minimum Gasteiger partial charge on any atom is -0.230 e. The van der Waals surface area contributed by atoms with Crippen molar-refractivity contribution in [2.24, 2.45) is 5.92 Å². The molecule has 4 nitrogen and oxygen atoms in total. The molecule has 0 aliphatic carbocycles. The summed E-state index contributed by atoms with van der Waals surface area (Å²) in [5.74, 6) is -0.0280. The van der Waals surface area contributed by atoms with Crippen molar-refractivity contribution in [3.05, 3.63) is 0 Å². The van der Waals surface area contributed by atoms with Crippen LogP contribution in [0.1, 0.15) is 61.3 Å². The Morgan fingerprint density at radius 2 is 1.59 bits per heavy atom. The molecule has 4 heteroatoms. The van der Waals surface area contributed by atoms with E-state index in [0.29, 0.717) is 5.92 Å². The Hall–Kier alpha value is -0.160. The Labute approximate surface area is 104 Å². The first kappa shape index (κ1) is 14.9. The molecule has 0 aromatic rings. The Kier molecular flexibility index (Phi) is 4.24. The van der Waals surface area contributed by atoms with Gasteiger partial charge in [0.2, 0.25) is 0 Å². The molecular formula is C13H26O4. The minimum absolute atomic E-state index is 0.299. The van der Waals surface area contributed by atoms with Crippen LogP contribution in [0, 0.1) is 5.92 Å². The fourth-order valence-electron chi connectivity index (χ4n) is 1.23. The highest BCUT2D eigenvalue weighted by Crippen LogP contribution is 2.42. The number of rotatable bonds is 7. The molecule has 1 fully saturated rings. The van der Waals surface area contributed by atoms with Crippen molar-refractivity contribution in [3.8, 4) is 0 Å². The van der Waals surface area contributed by atoms with Gasteiger partial charge >= 0.3 is 0 Å². The highest BCUT2D eigenvalue weighted by molar-refractivity contribution is 4.88. The lowest BCUT2D eigenvalue weighted by atomic mass is 9.97. The summed E-state index contributed by atoms with van der Waals surface area (Å²) in [6.45, 7) is 14.1. The van der Waals surface area contributed by atoms with Gasteiger partial charge in [-0.15, -0.1) is 0 Å². The maximum atomic E-state index is 5.55. The van der Waals surface area contributed by atoms with E-state index in [1.54, 1.807) is 0 Å². The van der Waals surface area contributed by atoms with Gasteiger partial charge in [-0.05, 0) is 53.4 Å². The second-order valence-electron chi connectivity index (χ2n) is 6.48. The second-order valence-corrected chi connectivity index (χ2v) is 6.48. The molecular weight excluding hydrogens is 220 g/mol. The zero-order chi connectivity index (χ0) is 13.3. The predicted octanol–water partition coefficient (Wildman–Crippen LogP) is 3.61. The standard InChI is InChI=1S/C13H26O4/c1-10(2)8-9-11(3,4)14-15-12(5,6)13(7)16-17-13/h10H,8-9H2,1-7H3. The zero-order valence-electron chi connectivity index (χ0n) is 12.1. The average molecular weight is 246 g/mol. The van der Waals surface area contributed by atoms with Crippen LogP contribution in [-0.2, 0) is 19.6 Å². The Morgan fingerprint density at radius 3 is 2.00 bits per heavy atom. The van der Waals surface area contributed by atoms with Crippen molar-refractivity contribution in [1.29, 1.82) is 0 Å². The van der Waals surface area contributed by atoms with Crippen molar-refractivity contribution in [2.45, 2.75) is 78.3 Å². The molecule has 1 saturated heterocycles. The molecule has 1 rings (SSSR count). The van der Waals surface area contributed by atoms with Gasteiger partial charge in [-0.25, -0.2) is 9.78 Å². The van der Waals surface area contributed by atoms with Gasteiger partial charge in [0.25, 0.3) is 5.79 Å². The average Bonchev–Trinajstić information content (AvgIpc) is 2.93. The van der Waals surface area contributed by atoms with E-state index < -0.39 is 11.4 Å². The maximum absolute atomic E-state index is 5.55. The van der Waals surface area contributed by atoms with Crippen molar-refractivity contribution >= 4 is 0 Å². The van der Waals surface area contributed by atoms with E-state index in [4.69, 9.17) is 19.6 Å². The van der Waals surface area contributed by atoms with Crippen molar-refractivity contribution in [1.82, 2.24) is 0 Å². The fourth-order valence-corrected chi connectivity index (χ4v) is 1.23. The molecule has 1 aliphatic heterocycles. The summed E-state index contributed by atoms with van der Waals surface area (Å²) in [5.41, 5.74) is -0.922. The second kappa shape index (κ2) is 4.84. The first-order valence-corrected chi connectivity index (χ1v) is 6.32. The first-order chi connectivity index (χ1) is 7.58. The molecule has 0 aromatic heterocycles. The lowest BCUT2D eigenvalue weighted by Crippen LogP contribution is -2.42. The molecule has 1 heterocycles. The van der Waals surface area contributed by atoms with Gasteiger partial charge in [-0.1, -0.05) is 13.8 Å². The monoisotopic (exact) mass is 246 g/mol. The number of hydrogen-bond donors (Lipinski definition) is 0. The van der Waals surface area contributed by atoms with E-state index in [0.717, 1.165) is 12.8 Å². The Morgan fingerprint density at radius 1 is 1.06 bits per heavy atom. The van der Waals surface area contributed by atoms with Crippen LogP contribution in [0.2, 0.25) is 0 Å². The molecule has 0 atom stereocenters. The van der Waals surface area contributed by atoms with Gasteiger partial charge in [-0.3, -0.25) is 0 Å². The molecule has 0 unspecified atom stereocenters. The zero-order valence-corrected chi connectivity index (χ0v) is 12.1. The molecule has 0 bridgehead atoms. The summed E-state index contributed by atoms with van der Waals surface area (Å²) in [6, 6.07) is 0. The van der Waals surface area contributed by atoms with Gasteiger partial charge in [-0.2, -0.15) is 9.78 Å². The van der Waals surface area contributed by atoms with Gasteiger partial charge < -0.3 is 0 Å². The molecule has 0 aromatic carbocycles. The highest BCUT2D eigenvalue weighted by Gasteiger charge is 2.59. The lowest BCUT2D eigenvalue weighted by molar-refractivity contribution is -0.412. The van der Waals surface area contributed by atoms with Crippen LogP contribution in [0.25, 0.3) is 0 Å². The quantitative estimate of drug-likeness (QED) is 0.391. The van der Waals surface area contributed by atoms with E-state index in [1.165, 1.54) is 0 Å². The van der Waals surface area contributed by atoms with Crippen LogP contribution in [0.4, 0.5) is 0 Å². The van der Waals surface area contributed by atoms with Crippen molar-refractivity contribution in [3.63, 3.8) is 0 Å². The molecule has 0 saturated carbocycles. The SMILES string of the molecule is CC(C)CCC(C)(C)OOC(C)(C)C1(C)OO1. The summed E-state index contributed by atoms with van der Waals surface area (Å²) >= 11 is 0. The van der Waals surface area contributed by atoms with Crippen LogP contribution in [0.15, 0.2) is 0 Å². The topological polar surface area (TPSA) is 43.5 Å². The highest BCUT2D eigenvalue weighted by atomic mass is 17.4. The maximum Gasteiger partial charge on any atom is 0.262 e. The van der Waals surface area contributed by atoms with Gasteiger partial charge in [0.1, 0.15) is 0 Å². The molecule has 0 amide bonds. The van der Waals surface area contributed by atoms with E-state index in [2.05, 4.69) is 13.8 Å². The van der Waals surface area contributed by atoms with Crippen LogP contribution in [-0.4, -0.2) is 17.0 Å². The summed E-state index contributed by atoms with van der Waals surface area (Å²) < 4.78 is 0. The third-order valence-corrected chi connectivity index (χ3v) is 3.23. The molecule has 0 spiro atoms. The third kappa shape index (κ3) is 4.21. The van der Waals surface area contributed by atoms with E-state index in [1.807, 2.05) is 34.6 Å². The van der Waals surface area contributed by atoms with Crippen molar-refractivity contribution in [2.75, 3.05) is 0 Å². The van der Waals surface area contributed by atoms with E-state index >= 15 is 0 Å². The smallest absolute Gasteiger partial charge is 0.230 e. The lowest BCUT2D eigenvalue weighted by Gasteiger charge is -2.31. The van der Waals surface area contributed by atoms with Gasteiger partial charge in [0.15, 0.2) is 5.60 Å². The Bertz CT molecular complexity index is 254. The molecule has 17 heavy (non-hydrogen) atoms. The van der Waals surface area contributed by atoms with Crippen molar-refractivity contribution < 1.29 is 19.6 Å². The normalized spacial score (nSPS) is 19.8.